The number of hydrogen-bond acceptors (Lipinski definition) is 5. The van der Waals surface area contributed by atoms with E-state index in [-0.39, 0.29) is 24.5 Å². The van der Waals surface area contributed by atoms with Gasteiger partial charge in [-0.05, 0) is 55.7 Å². The molecule has 3 rings (SSSR count). The predicted octanol–water partition coefficient (Wildman–Crippen LogP) is 3.66. The highest BCUT2D eigenvalue weighted by Gasteiger charge is 2.24. The van der Waals surface area contributed by atoms with Crippen molar-refractivity contribution in [2.24, 2.45) is 0 Å². The van der Waals surface area contributed by atoms with Crippen molar-refractivity contribution in [2.75, 3.05) is 19.7 Å². The van der Waals surface area contributed by atoms with Gasteiger partial charge in [-0.3, -0.25) is 9.59 Å². The Morgan fingerprint density at radius 3 is 2.35 bits per heavy atom. The number of carbonyl (C=O) groups is 3. The van der Waals surface area contributed by atoms with E-state index in [1.807, 2.05) is 30.3 Å². The molecular weight excluding hydrogens is 396 g/mol. The van der Waals surface area contributed by atoms with Gasteiger partial charge in [0.2, 0.25) is 5.91 Å². The van der Waals surface area contributed by atoms with Crippen molar-refractivity contribution in [1.82, 2.24) is 10.2 Å². The summed E-state index contributed by atoms with van der Waals surface area (Å²) in [6.45, 7) is 3.05. The van der Waals surface area contributed by atoms with Crippen molar-refractivity contribution in [3.63, 3.8) is 0 Å². The van der Waals surface area contributed by atoms with Crippen LogP contribution < -0.4 is 10.1 Å². The molecule has 1 aliphatic heterocycles. The molecule has 2 aromatic carbocycles. The van der Waals surface area contributed by atoms with Crippen LogP contribution in [0.25, 0.3) is 6.08 Å². The van der Waals surface area contributed by atoms with Gasteiger partial charge < -0.3 is 19.7 Å². The van der Waals surface area contributed by atoms with Crippen molar-refractivity contribution in [3.05, 3.63) is 71.8 Å². The monoisotopic (exact) mass is 422 g/mol. The lowest BCUT2D eigenvalue weighted by atomic mass is 10.0. The summed E-state index contributed by atoms with van der Waals surface area (Å²) in [4.78, 5) is 38.0. The summed E-state index contributed by atoms with van der Waals surface area (Å²) in [6, 6.07) is 16.1. The van der Waals surface area contributed by atoms with E-state index in [0.717, 1.165) is 5.56 Å². The Morgan fingerprint density at radius 1 is 1.03 bits per heavy atom. The topological polar surface area (TPSA) is 84.9 Å². The third-order valence-corrected chi connectivity index (χ3v) is 4.92. The van der Waals surface area contributed by atoms with Crippen LogP contribution in [0.4, 0.5) is 4.79 Å². The molecule has 0 radical (unpaired) electrons. The molecule has 0 spiro atoms. The summed E-state index contributed by atoms with van der Waals surface area (Å²) in [6.07, 6.45) is 3.93. The lowest BCUT2D eigenvalue weighted by molar-refractivity contribution is -0.117. The van der Waals surface area contributed by atoms with E-state index in [4.69, 9.17) is 9.47 Å². The van der Waals surface area contributed by atoms with Gasteiger partial charge in [0.1, 0.15) is 5.75 Å². The maximum Gasteiger partial charge on any atom is 0.513 e. The summed E-state index contributed by atoms with van der Waals surface area (Å²) >= 11 is 0. The summed E-state index contributed by atoms with van der Waals surface area (Å²) in [5, 5.41) is 3.00. The molecule has 7 heteroatoms. The predicted molar refractivity (Wildman–Crippen MR) is 117 cm³/mol. The quantitative estimate of drug-likeness (QED) is 0.436. The molecule has 7 nitrogen and oxygen atoms in total. The summed E-state index contributed by atoms with van der Waals surface area (Å²) in [5.41, 5.74) is 1.49. The first-order valence-corrected chi connectivity index (χ1v) is 10.3. The first kappa shape index (κ1) is 22.1. The fraction of sp³-hybridized carbons (Fsp3) is 0.292. The standard InChI is InChI=1S/C24H26N2O5/c1-2-30-24(29)31-21-11-9-19(10-12-21)23(28)26-16-14-20(15-17-26)25-22(27)13-8-18-6-4-3-5-7-18/h3-13,20H,2,14-17H2,1H3,(H,25,27)/b13-8+. The smallest absolute Gasteiger partial charge is 0.434 e. The normalized spacial score (nSPS) is 14.3. The number of benzene rings is 2. The van der Waals surface area contributed by atoms with Crippen LogP contribution in [0, 0.1) is 0 Å². The Balaban J connectivity index is 1.45. The fourth-order valence-corrected chi connectivity index (χ4v) is 3.30. The second-order valence-corrected chi connectivity index (χ2v) is 7.13. The highest BCUT2D eigenvalue weighted by molar-refractivity contribution is 5.94. The number of hydrogen-bond donors (Lipinski definition) is 1. The molecule has 2 amide bonds. The van der Waals surface area contributed by atoms with Gasteiger partial charge in [-0.25, -0.2) is 4.79 Å². The minimum atomic E-state index is -0.774. The molecule has 0 aliphatic carbocycles. The Kier molecular flexibility index (Phi) is 7.81. The van der Waals surface area contributed by atoms with E-state index in [1.54, 1.807) is 42.2 Å². The minimum absolute atomic E-state index is 0.0392. The van der Waals surface area contributed by atoms with Gasteiger partial charge in [-0.1, -0.05) is 30.3 Å². The molecule has 0 unspecified atom stereocenters. The Labute approximate surface area is 181 Å². The van der Waals surface area contributed by atoms with Crippen molar-refractivity contribution < 1.29 is 23.9 Å². The van der Waals surface area contributed by atoms with E-state index in [1.165, 1.54) is 6.08 Å². The highest BCUT2D eigenvalue weighted by Crippen LogP contribution is 2.17. The van der Waals surface area contributed by atoms with Crippen molar-refractivity contribution in [3.8, 4) is 5.75 Å². The van der Waals surface area contributed by atoms with Crippen LogP contribution >= 0.6 is 0 Å². The fourth-order valence-electron chi connectivity index (χ4n) is 3.30. The van der Waals surface area contributed by atoms with Crippen LogP contribution in [0.3, 0.4) is 0 Å². The number of nitrogens with one attached hydrogen (secondary N) is 1. The average Bonchev–Trinajstić information content (AvgIpc) is 2.79. The maximum absolute atomic E-state index is 12.7. The van der Waals surface area contributed by atoms with Gasteiger partial charge in [-0.2, -0.15) is 0 Å². The lowest BCUT2D eigenvalue weighted by Gasteiger charge is -2.32. The molecule has 31 heavy (non-hydrogen) atoms. The number of amides is 2. The van der Waals surface area contributed by atoms with E-state index >= 15 is 0 Å². The van der Waals surface area contributed by atoms with Crippen LogP contribution in [-0.4, -0.2) is 48.6 Å². The average molecular weight is 422 g/mol. The molecule has 0 saturated carbocycles. The number of likely N-dealkylation sites (tertiary alicyclic amines) is 1. The van der Waals surface area contributed by atoms with Crippen molar-refractivity contribution in [2.45, 2.75) is 25.8 Å². The molecule has 162 valence electrons. The molecule has 1 saturated heterocycles. The molecule has 0 bridgehead atoms. The van der Waals surface area contributed by atoms with Crippen molar-refractivity contribution in [1.29, 1.82) is 0 Å². The number of piperidine rings is 1. The molecule has 0 atom stereocenters. The zero-order valence-electron chi connectivity index (χ0n) is 17.5. The van der Waals surface area contributed by atoms with Crippen LogP contribution in [0.5, 0.6) is 5.75 Å². The SMILES string of the molecule is CCOC(=O)Oc1ccc(C(=O)N2CCC(NC(=O)/C=C/c3ccccc3)CC2)cc1. The number of nitrogens with zero attached hydrogens (tertiary/aromatic N) is 1. The third kappa shape index (κ3) is 6.70. The van der Waals surface area contributed by atoms with E-state index in [2.05, 4.69) is 5.32 Å². The zero-order valence-corrected chi connectivity index (χ0v) is 17.5. The summed E-state index contributed by atoms with van der Waals surface area (Å²) < 4.78 is 9.73. The van der Waals surface area contributed by atoms with Gasteiger partial charge in [0, 0.05) is 30.8 Å². The van der Waals surface area contributed by atoms with Crippen LogP contribution in [0.1, 0.15) is 35.7 Å². The highest BCUT2D eigenvalue weighted by atomic mass is 16.7. The van der Waals surface area contributed by atoms with Gasteiger partial charge >= 0.3 is 6.16 Å². The number of carbonyl (C=O) groups excluding carboxylic acids is 3. The van der Waals surface area contributed by atoms with Crippen molar-refractivity contribution >= 4 is 24.0 Å². The van der Waals surface area contributed by atoms with Gasteiger partial charge in [0.15, 0.2) is 0 Å². The molecule has 1 fully saturated rings. The Hall–Kier alpha value is -3.61. The molecular formula is C24H26N2O5. The number of ether oxygens (including phenoxy) is 2. The Bertz CT molecular complexity index is 917. The first-order chi connectivity index (χ1) is 15.0. The molecule has 1 aliphatic rings. The van der Waals surface area contributed by atoms with E-state index in [0.29, 0.717) is 37.2 Å². The van der Waals surface area contributed by atoms with Crippen LogP contribution in [0.2, 0.25) is 0 Å². The van der Waals surface area contributed by atoms with Crippen LogP contribution in [0.15, 0.2) is 60.7 Å². The molecule has 1 N–H and O–H groups in total. The van der Waals surface area contributed by atoms with E-state index in [9.17, 15) is 14.4 Å². The number of rotatable bonds is 6. The lowest BCUT2D eigenvalue weighted by Crippen LogP contribution is -2.46. The van der Waals surface area contributed by atoms with Gasteiger partial charge in [0.25, 0.3) is 5.91 Å². The van der Waals surface area contributed by atoms with Gasteiger partial charge in [0.05, 0.1) is 6.61 Å². The molecule has 1 heterocycles. The summed E-state index contributed by atoms with van der Waals surface area (Å²) in [5.74, 6) is 0.0993. The molecule has 0 aromatic heterocycles. The minimum Gasteiger partial charge on any atom is -0.434 e. The largest absolute Gasteiger partial charge is 0.513 e. The van der Waals surface area contributed by atoms with Gasteiger partial charge in [-0.15, -0.1) is 0 Å². The zero-order chi connectivity index (χ0) is 22.1. The van der Waals surface area contributed by atoms with Crippen LogP contribution in [-0.2, 0) is 9.53 Å². The Morgan fingerprint density at radius 2 is 1.71 bits per heavy atom. The first-order valence-electron chi connectivity index (χ1n) is 10.3. The second-order valence-electron chi connectivity index (χ2n) is 7.13. The van der Waals surface area contributed by atoms with E-state index < -0.39 is 6.16 Å². The molecule has 2 aromatic rings. The maximum atomic E-state index is 12.7. The third-order valence-electron chi connectivity index (χ3n) is 4.92. The summed E-state index contributed by atoms with van der Waals surface area (Å²) in [7, 11) is 0. The second kappa shape index (κ2) is 11.0.